The van der Waals surface area contributed by atoms with Crippen molar-refractivity contribution in [1.29, 1.82) is 0 Å². The Hall–Kier alpha value is -3.53. The molecule has 2 aliphatic rings. The van der Waals surface area contributed by atoms with Crippen molar-refractivity contribution in [3.05, 3.63) is 108 Å². The van der Waals surface area contributed by atoms with Crippen LogP contribution in [0, 0.1) is 5.92 Å². The first-order valence-corrected chi connectivity index (χ1v) is 15.1. The number of alkyl carbamates (subject to hydrolysis) is 1. The number of amides is 1. The van der Waals surface area contributed by atoms with Gasteiger partial charge in [-0.05, 0) is 47.2 Å². The normalized spacial score (nSPS) is 24.0. The van der Waals surface area contributed by atoms with Crippen LogP contribution in [0.3, 0.4) is 0 Å². The third-order valence-corrected chi connectivity index (χ3v) is 8.51. The first-order chi connectivity index (χ1) is 21.0. The molecule has 8 nitrogen and oxygen atoms in total. The molecule has 0 radical (unpaired) electrons. The van der Waals surface area contributed by atoms with E-state index in [0.717, 1.165) is 59.3 Å². The molecule has 43 heavy (non-hydrogen) atoms. The summed E-state index contributed by atoms with van der Waals surface area (Å²) in [6.45, 7) is 8.06. The highest BCUT2D eigenvalue weighted by Gasteiger charge is 2.40. The van der Waals surface area contributed by atoms with E-state index in [0.29, 0.717) is 6.54 Å². The first-order valence-electron chi connectivity index (χ1n) is 15.1. The van der Waals surface area contributed by atoms with E-state index in [2.05, 4.69) is 35.9 Å². The van der Waals surface area contributed by atoms with Gasteiger partial charge in [0.15, 0.2) is 6.29 Å². The molecular weight excluding hydrogens is 544 g/mol. The molecule has 2 fully saturated rings. The Bertz CT molecular complexity index is 1350. The van der Waals surface area contributed by atoms with E-state index in [1.54, 1.807) is 0 Å². The van der Waals surface area contributed by atoms with Crippen LogP contribution in [0.15, 0.2) is 85.5 Å². The SMILES string of the molecule is C=CCOC(=O)NCc1ccccc1-c1ccc(C2OC(CN3CCCC3CO)C(C)C(c3ccc(CO)cc3)O2)cc1. The van der Waals surface area contributed by atoms with Crippen LogP contribution in [0.1, 0.15) is 54.4 Å². The molecule has 0 spiro atoms. The van der Waals surface area contributed by atoms with Gasteiger partial charge < -0.3 is 29.7 Å². The lowest BCUT2D eigenvalue weighted by atomic mass is 9.89. The van der Waals surface area contributed by atoms with Crippen LogP contribution in [0.5, 0.6) is 0 Å². The molecule has 0 saturated carbocycles. The summed E-state index contributed by atoms with van der Waals surface area (Å²) < 4.78 is 18.3. The Balaban J connectivity index is 1.36. The molecule has 5 rings (SSSR count). The van der Waals surface area contributed by atoms with Gasteiger partial charge in [-0.2, -0.15) is 0 Å². The zero-order valence-electron chi connectivity index (χ0n) is 24.7. The summed E-state index contributed by atoms with van der Waals surface area (Å²) in [4.78, 5) is 14.3. The van der Waals surface area contributed by atoms with E-state index in [1.165, 1.54) is 6.08 Å². The molecule has 0 aliphatic carbocycles. The number of carbonyl (C=O) groups excluding carboxylic acids is 1. The predicted molar refractivity (Wildman–Crippen MR) is 165 cm³/mol. The van der Waals surface area contributed by atoms with E-state index in [-0.39, 0.29) is 44.0 Å². The van der Waals surface area contributed by atoms with E-state index in [9.17, 15) is 15.0 Å². The lowest BCUT2D eigenvalue weighted by molar-refractivity contribution is -0.276. The number of nitrogens with zero attached hydrogens (tertiary/aromatic N) is 1. The zero-order valence-corrected chi connectivity index (χ0v) is 24.7. The number of nitrogens with one attached hydrogen (secondary N) is 1. The lowest BCUT2D eigenvalue weighted by Crippen LogP contribution is -2.46. The summed E-state index contributed by atoms with van der Waals surface area (Å²) in [7, 11) is 0. The van der Waals surface area contributed by atoms with Gasteiger partial charge in [0.05, 0.1) is 25.4 Å². The van der Waals surface area contributed by atoms with Crippen molar-refractivity contribution in [2.45, 2.75) is 57.5 Å². The quantitative estimate of drug-likeness (QED) is 0.255. The van der Waals surface area contributed by atoms with E-state index in [4.69, 9.17) is 14.2 Å². The summed E-state index contributed by atoms with van der Waals surface area (Å²) in [5.41, 5.74) is 5.83. The van der Waals surface area contributed by atoms with Crippen molar-refractivity contribution in [3.8, 4) is 11.1 Å². The second-order valence-electron chi connectivity index (χ2n) is 11.3. The number of aliphatic hydroxyl groups is 2. The minimum absolute atomic E-state index is 0.00182. The molecule has 5 atom stereocenters. The topological polar surface area (TPSA) is 100 Å². The van der Waals surface area contributed by atoms with E-state index < -0.39 is 12.4 Å². The van der Waals surface area contributed by atoms with Crippen LogP contribution in [0.2, 0.25) is 0 Å². The average Bonchev–Trinajstić information content (AvgIpc) is 3.51. The number of ether oxygens (including phenoxy) is 3. The standard InChI is InChI=1S/C35H42N2O6/c1-3-19-41-35(40)36-20-29-7-4-5-9-31(29)26-14-16-28(17-15-26)34-42-32(21-37-18-6-8-30(37)23-39)24(2)33(43-34)27-12-10-25(22-38)11-13-27/h3-5,7,9-17,24,30,32-34,38-39H,1,6,8,18-23H2,2H3,(H,36,40). The van der Waals surface area contributed by atoms with E-state index >= 15 is 0 Å². The van der Waals surface area contributed by atoms with Gasteiger partial charge in [-0.15, -0.1) is 0 Å². The Labute approximate surface area is 253 Å². The van der Waals surface area contributed by atoms with Gasteiger partial charge in [-0.25, -0.2) is 4.79 Å². The largest absolute Gasteiger partial charge is 0.445 e. The summed E-state index contributed by atoms with van der Waals surface area (Å²) in [6, 6.07) is 24.2. The number of rotatable bonds is 11. The fourth-order valence-electron chi connectivity index (χ4n) is 6.03. The minimum Gasteiger partial charge on any atom is -0.445 e. The molecule has 5 unspecified atom stereocenters. The van der Waals surface area contributed by atoms with Crippen LogP contribution in [-0.2, 0) is 27.4 Å². The summed E-state index contributed by atoms with van der Waals surface area (Å²) in [5.74, 6) is 0.0768. The predicted octanol–water partition coefficient (Wildman–Crippen LogP) is 5.51. The monoisotopic (exact) mass is 586 g/mol. The van der Waals surface area contributed by atoms with Crippen LogP contribution >= 0.6 is 0 Å². The number of hydrogen-bond donors (Lipinski definition) is 3. The maximum absolute atomic E-state index is 12.0. The van der Waals surface area contributed by atoms with Crippen molar-refractivity contribution < 1.29 is 29.2 Å². The van der Waals surface area contributed by atoms with Crippen molar-refractivity contribution in [3.63, 3.8) is 0 Å². The van der Waals surface area contributed by atoms with Crippen LogP contribution in [-0.4, -0.2) is 59.7 Å². The fraction of sp³-hybridized carbons (Fsp3) is 0.400. The van der Waals surface area contributed by atoms with Crippen LogP contribution in [0.4, 0.5) is 4.79 Å². The second kappa shape index (κ2) is 14.8. The van der Waals surface area contributed by atoms with Crippen molar-refractivity contribution in [1.82, 2.24) is 10.2 Å². The highest BCUT2D eigenvalue weighted by atomic mass is 16.7. The molecule has 228 valence electrons. The highest BCUT2D eigenvalue weighted by molar-refractivity contribution is 5.70. The molecule has 2 heterocycles. The summed E-state index contributed by atoms with van der Waals surface area (Å²) in [5, 5.41) is 22.2. The lowest BCUT2D eigenvalue weighted by Gasteiger charge is -2.43. The Morgan fingerprint density at radius 2 is 1.79 bits per heavy atom. The molecule has 2 aliphatic heterocycles. The smallest absolute Gasteiger partial charge is 0.407 e. The van der Waals surface area contributed by atoms with Crippen molar-refractivity contribution in [2.75, 3.05) is 26.3 Å². The Morgan fingerprint density at radius 1 is 1.05 bits per heavy atom. The number of aliphatic hydroxyl groups excluding tert-OH is 2. The third-order valence-electron chi connectivity index (χ3n) is 8.51. The number of likely N-dealkylation sites (tertiary alicyclic amines) is 1. The van der Waals surface area contributed by atoms with Crippen molar-refractivity contribution >= 4 is 6.09 Å². The minimum atomic E-state index is -0.565. The number of carbonyl (C=O) groups is 1. The van der Waals surface area contributed by atoms with Gasteiger partial charge in [-0.1, -0.05) is 92.4 Å². The maximum Gasteiger partial charge on any atom is 0.407 e. The molecule has 3 aromatic rings. The molecule has 2 saturated heterocycles. The average molecular weight is 587 g/mol. The molecule has 3 N–H and O–H groups in total. The van der Waals surface area contributed by atoms with Gasteiger partial charge in [0.1, 0.15) is 6.61 Å². The molecular formula is C35H42N2O6. The summed E-state index contributed by atoms with van der Waals surface area (Å²) in [6.07, 6.45) is 2.26. The Morgan fingerprint density at radius 3 is 2.51 bits per heavy atom. The Kier molecular flexibility index (Phi) is 10.6. The van der Waals surface area contributed by atoms with Crippen LogP contribution in [0.25, 0.3) is 11.1 Å². The molecule has 0 bridgehead atoms. The fourth-order valence-corrected chi connectivity index (χ4v) is 6.03. The third kappa shape index (κ3) is 7.52. The van der Waals surface area contributed by atoms with Gasteiger partial charge in [-0.3, -0.25) is 4.90 Å². The van der Waals surface area contributed by atoms with Gasteiger partial charge in [0.25, 0.3) is 0 Å². The highest BCUT2D eigenvalue weighted by Crippen LogP contribution is 2.42. The number of benzene rings is 3. The van der Waals surface area contributed by atoms with Crippen molar-refractivity contribution in [2.24, 2.45) is 5.92 Å². The van der Waals surface area contributed by atoms with E-state index in [1.807, 2.05) is 60.7 Å². The first kappa shape index (κ1) is 30.9. The molecule has 8 heteroatoms. The zero-order chi connectivity index (χ0) is 30.2. The number of hydrogen-bond acceptors (Lipinski definition) is 7. The second-order valence-corrected chi connectivity index (χ2v) is 11.3. The van der Waals surface area contributed by atoms with Gasteiger partial charge in [0.2, 0.25) is 0 Å². The summed E-state index contributed by atoms with van der Waals surface area (Å²) >= 11 is 0. The maximum atomic E-state index is 12.0. The van der Waals surface area contributed by atoms with Crippen LogP contribution < -0.4 is 5.32 Å². The van der Waals surface area contributed by atoms with Gasteiger partial charge >= 0.3 is 6.09 Å². The molecule has 0 aromatic heterocycles. The molecule has 3 aromatic carbocycles. The molecule has 1 amide bonds. The van der Waals surface area contributed by atoms with Gasteiger partial charge in [0, 0.05) is 30.6 Å².